The van der Waals surface area contributed by atoms with Crippen LogP contribution < -0.4 is 10.1 Å². The Hall–Kier alpha value is -2.56. The molecule has 0 radical (unpaired) electrons. The molecule has 2 aromatic carbocycles. The Morgan fingerprint density at radius 2 is 2.00 bits per heavy atom. The molecule has 1 N–H and O–H groups in total. The minimum Gasteiger partial charge on any atom is -0.494 e. The van der Waals surface area contributed by atoms with Crippen LogP contribution in [0.4, 0.5) is 0 Å². The monoisotopic (exact) mass is 343 g/mol. The maximum Gasteiger partial charge on any atom is 0.305 e. The van der Waals surface area contributed by atoms with Crippen molar-refractivity contribution in [1.82, 2.24) is 5.32 Å². The minimum absolute atomic E-state index is 0.0224. The first-order valence-corrected chi connectivity index (χ1v) is 8.64. The number of ether oxygens (including phenoxy) is 2. The van der Waals surface area contributed by atoms with Gasteiger partial charge in [0, 0.05) is 19.9 Å². The van der Waals surface area contributed by atoms with Gasteiger partial charge in [0.05, 0.1) is 13.2 Å². The molecule has 134 valence electrons. The van der Waals surface area contributed by atoms with E-state index in [4.69, 9.17) is 9.47 Å². The van der Waals surface area contributed by atoms with E-state index in [2.05, 4.69) is 17.4 Å². The van der Waals surface area contributed by atoms with Crippen molar-refractivity contribution in [2.75, 3.05) is 19.8 Å². The number of esters is 1. The van der Waals surface area contributed by atoms with Crippen LogP contribution in [-0.4, -0.2) is 31.6 Å². The van der Waals surface area contributed by atoms with Crippen LogP contribution in [0.5, 0.6) is 5.75 Å². The summed E-state index contributed by atoms with van der Waals surface area (Å²) in [5.74, 6) is 0.569. The van der Waals surface area contributed by atoms with E-state index < -0.39 is 0 Å². The van der Waals surface area contributed by atoms with E-state index in [-0.39, 0.29) is 11.9 Å². The van der Waals surface area contributed by atoms with Crippen LogP contribution in [0.15, 0.2) is 36.4 Å². The number of carbonyl (C=O) groups excluding carboxylic acids is 2. The second-order valence-corrected chi connectivity index (χ2v) is 5.79. The summed E-state index contributed by atoms with van der Waals surface area (Å²) in [5.41, 5.74) is 1.17. The molecule has 0 aliphatic rings. The fraction of sp³-hybridized carbons (Fsp3) is 0.400. The van der Waals surface area contributed by atoms with Gasteiger partial charge in [0.2, 0.25) is 5.91 Å². The second-order valence-electron chi connectivity index (χ2n) is 5.79. The van der Waals surface area contributed by atoms with Gasteiger partial charge in [-0.2, -0.15) is 0 Å². The molecule has 0 aliphatic carbocycles. The van der Waals surface area contributed by atoms with Crippen molar-refractivity contribution in [2.45, 2.75) is 33.1 Å². The molecule has 0 spiro atoms. The highest BCUT2D eigenvalue weighted by Gasteiger charge is 2.05. The lowest BCUT2D eigenvalue weighted by Gasteiger charge is -2.10. The topological polar surface area (TPSA) is 64.6 Å². The van der Waals surface area contributed by atoms with Gasteiger partial charge >= 0.3 is 5.97 Å². The average molecular weight is 343 g/mol. The predicted octanol–water partition coefficient (Wildman–Crippen LogP) is 3.24. The standard InChI is InChI=1S/C20H25NO4/c1-3-24-20(23)8-5-13-25-18-10-9-16-6-4-7-17(19(16)14-18)11-12-21-15(2)22/h4,6-7,9-10,14H,3,5,8,11-13H2,1-2H3,(H,21,22). The number of hydrogen-bond acceptors (Lipinski definition) is 4. The molecule has 0 heterocycles. The molecule has 0 fully saturated rings. The molecule has 5 heteroatoms. The van der Waals surface area contributed by atoms with E-state index in [0.717, 1.165) is 22.9 Å². The van der Waals surface area contributed by atoms with E-state index in [1.54, 1.807) is 6.92 Å². The molecule has 0 unspecified atom stereocenters. The largest absolute Gasteiger partial charge is 0.494 e. The first-order valence-electron chi connectivity index (χ1n) is 8.64. The van der Waals surface area contributed by atoms with Gasteiger partial charge in [-0.1, -0.05) is 24.3 Å². The first kappa shape index (κ1) is 18.8. The molecule has 1 amide bonds. The maximum absolute atomic E-state index is 11.3. The van der Waals surface area contributed by atoms with E-state index in [9.17, 15) is 9.59 Å². The molecule has 0 saturated carbocycles. The van der Waals surface area contributed by atoms with E-state index in [1.807, 2.05) is 24.3 Å². The van der Waals surface area contributed by atoms with E-state index >= 15 is 0 Å². The summed E-state index contributed by atoms with van der Waals surface area (Å²) < 4.78 is 10.7. The molecule has 0 bridgehead atoms. The van der Waals surface area contributed by atoms with Gasteiger partial charge < -0.3 is 14.8 Å². The second kappa shape index (κ2) is 9.67. The van der Waals surface area contributed by atoms with Crippen molar-refractivity contribution in [1.29, 1.82) is 0 Å². The van der Waals surface area contributed by atoms with Crippen molar-refractivity contribution < 1.29 is 19.1 Å². The van der Waals surface area contributed by atoms with E-state index in [0.29, 0.717) is 32.6 Å². The summed E-state index contributed by atoms with van der Waals surface area (Å²) in [7, 11) is 0. The lowest BCUT2D eigenvalue weighted by Crippen LogP contribution is -2.22. The summed E-state index contributed by atoms with van der Waals surface area (Å²) >= 11 is 0. The van der Waals surface area contributed by atoms with E-state index in [1.165, 1.54) is 12.5 Å². The molecule has 0 saturated heterocycles. The Balaban J connectivity index is 1.97. The Kier molecular flexibility index (Phi) is 7.26. The molecule has 0 atom stereocenters. The van der Waals surface area contributed by atoms with Gasteiger partial charge in [-0.15, -0.1) is 0 Å². The van der Waals surface area contributed by atoms with Crippen molar-refractivity contribution in [3.63, 3.8) is 0 Å². The SMILES string of the molecule is CCOC(=O)CCCOc1ccc2cccc(CCNC(C)=O)c2c1. The van der Waals surface area contributed by atoms with Crippen LogP contribution in [0, 0.1) is 0 Å². The zero-order valence-corrected chi connectivity index (χ0v) is 14.8. The minimum atomic E-state index is -0.190. The van der Waals surface area contributed by atoms with Gasteiger partial charge in [0.15, 0.2) is 0 Å². The zero-order valence-electron chi connectivity index (χ0n) is 14.8. The summed E-state index contributed by atoms with van der Waals surface area (Å²) in [6.07, 6.45) is 1.76. The highest BCUT2D eigenvalue weighted by atomic mass is 16.5. The Labute approximate surface area is 148 Å². The molecule has 5 nitrogen and oxygen atoms in total. The smallest absolute Gasteiger partial charge is 0.305 e. The fourth-order valence-corrected chi connectivity index (χ4v) is 2.64. The number of fused-ring (bicyclic) bond motifs is 1. The first-order chi connectivity index (χ1) is 12.1. The highest BCUT2D eigenvalue weighted by Crippen LogP contribution is 2.24. The number of rotatable bonds is 9. The molecule has 0 aromatic heterocycles. The highest BCUT2D eigenvalue weighted by molar-refractivity contribution is 5.87. The third-order valence-electron chi connectivity index (χ3n) is 3.81. The number of hydrogen-bond donors (Lipinski definition) is 1. The van der Waals surface area contributed by atoms with Crippen molar-refractivity contribution in [3.05, 3.63) is 42.0 Å². The molecule has 2 rings (SSSR count). The van der Waals surface area contributed by atoms with Crippen molar-refractivity contribution >= 4 is 22.6 Å². The molecular weight excluding hydrogens is 318 g/mol. The molecule has 0 aliphatic heterocycles. The van der Waals surface area contributed by atoms with Gasteiger partial charge in [-0.3, -0.25) is 9.59 Å². The number of nitrogens with one attached hydrogen (secondary N) is 1. The Bertz CT molecular complexity index is 727. The van der Waals surface area contributed by atoms with Gasteiger partial charge in [0.1, 0.15) is 5.75 Å². The lowest BCUT2D eigenvalue weighted by atomic mass is 10.0. The van der Waals surface area contributed by atoms with Crippen molar-refractivity contribution in [2.24, 2.45) is 0 Å². The fourth-order valence-electron chi connectivity index (χ4n) is 2.64. The third-order valence-corrected chi connectivity index (χ3v) is 3.81. The summed E-state index contributed by atoms with van der Waals surface area (Å²) in [6.45, 7) is 4.81. The summed E-state index contributed by atoms with van der Waals surface area (Å²) in [5, 5.41) is 5.08. The zero-order chi connectivity index (χ0) is 18.1. The lowest BCUT2D eigenvalue weighted by molar-refractivity contribution is -0.143. The predicted molar refractivity (Wildman–Crippen MR) is 97.7 cm³/mol. The number of carbonyl (C=O) groups is 2. The van der Waals surface area contributed by atoms with Crippen LogP contribution in [-0.2, 0) is 20.7 Å². The van der Waals surface area contributed by atoms with Gasteiger partial charge in [-0.25, -0.2) is 0 Å². The Morgan fingerprint density at radius 3 is 2.76 bits per heavy atom. The molecular formula is C20H25NO4. The summed E-state index contributed by atoms with van der Waals surface area (Å²) in [6, 6.07) is 12.1. The van der Waals surface area contributed by atoms with Gasteiger partial charge in [-0.05, 0) is 48.2 Å². The normalized spacial score (nSPS) is 10.5. The van der Waals surface area contributed by atoms with Crippen LogP contribution in [0.1, 0.15) is 32.3 Å². The van der Waals surface area contributed by atoms with Crippen LogP contribution in [0.2, 0.25) is 0 Å². The van der Waals surface area contributed by atoms with Crippen LogP contribution >= 0.6 is 0 Å². The number of benzene rings is 2. The van der Waals surface area contributed by atoms with Crippen LogP contribution in [0.25, 0.3) is 10.8 Å². The van der Waals surface area contributed by atoms with Crippen molar-refractivity contribution in [3.8, 4) is 5.75 Å². The maximum atomic E-state index is 11.3. The summed E-state index contributed by atoms with van der Waals surface area (Å²) in [4.78, 5) is 22.3. The Morgan fingerprint density at radius 1 is 1.16 bits per heavy atom. The molecule has 2 aromatic rings. The van der Waals surface area contributed by atoms with Crippen LogP contribution in [0.3, 0.4) is 0 Å². The molecule has 25 heavy (non-hydrogen) atoms. The third kappa shape index (κ3) is 6.10. The quantitative estimate of drug-likeness (QED) is 0.561. The van der Waals surface area contributed by atoms with Gasteiger partial charge in [0.25, 0.3) is 0 Å². The average Bonchev–Trinajstić information content (AvgIpc) is 2.59. The number of amides is 1.